The molecule has 0 saturated carbocycles. The lowest BCUT2D eigenvalue weighted by molar-refractivity contribution is 0.414. The summed E-state index contributed by atoms with van der Waals surface area (Å²) in [7, 11) is 3.60. The van der Waals surface area contributed by atoms with Gasteiger partial charge in [-0.3, -0.25) is 0 Å². The Morgan fingerprint density at radius 1 is 1.47 bits per heavy atom. The van der Waals surface area contributed by atoms with E-state index in [0.717, 1.165) is 29.3 Å². The average molecular weight is 226 g/mol. The van der Waals surface area contributed by atoms with Crippen LogP contribution in [0.4, 0.5) is 0 Å². The molecule has 15 heavy (non-hydrogen) atoms. The van der Waals surface area contributed by atoms with E-state index in [0.29, 0.717) is 0 Å². The lowest BCUT2D eigenvalue weighted by Crippen LogP contribution is -2.05. The largest absolute Gasteiger partial charge is 0.496 e. The fourth-order valence-corrected chi connectivity index (χ4v) is 1.45. The van der Waals surface area contributed by atoms with E-state index < -0.39 is 0 Å². The van der Waals surface area contributed by atoms with Crippen LogP contribution in [-0.4, -0.2) is 20.7 Å². The second-order valence-corrected chi connectivity index (χ2v) is 3.62. The van der Waals surface area contributed by atoms with Crippen molar-refractivity contribution in [3.8, 4) is 5.75 Å². The van der Waals surface area contributed by atoms with Crippen LogP contribution in [0.2, 0.25) is 5.02 Å². The highest BCUT2D eigenvalue weighted by Crippen LogP contribution is 2.23. The third-order valence-corrected chi connectivity index (χ3v) is 2.29. The number of halogens is 1. The minimum Gasteiger partial charge on any atom is -0.496 e. The predicted octanol–water partition coefficient (Wildman–Crippen LogP) is 2.97. The van der Waals surface area contributed by atoms with Gasteiger partial charge in [0.1, 0.15) is 5.75 Å². The van der Waals surface area contributed by atoms with Gasteiger partial charge in [-0.05, 0) is 38.2 Å². The first-order chi connectivity index (χ1) is 7.27. The van der Waals surface area contributed by atoms with Crippen LogP contribution in [0.3, 0.4) is 0 Å². The predicted molar refractivity (Wildman–Crippen MR) is 65.6 cm³/mol. The molecule has 0 atom stereocenters. The third kappa shape index (κ3) is 3.94. The first-order valence-corrected chi connectivity index (χ1v) is 5.30. The van der Waals surface area contributed by atoms with Crippen LogP contribution in [-0.2, 0) is 0 Å². The molecule has 0 aliphatic rings. The van der Waals surface area contributed by atoms with Crippen molar-refractivity contribution in [3.05, 3.63) is 34.9 Å². The zero-order valence-electron chi connectivity index (χ0n) is 9.09. The van der Waals surface area contributed by atoms with Gasteiger partial charge in [0.15, 0.2) is 0 Å². The Kier molecular flexibility index (Phi) is 5.22. The number of nitrogens with one attached hydrogen (secondary N) is 1. The van der Waals surface area contributed by atoms with Crippen molar-refractivity contribution in [2.45, 2.75) is 6.42 Å². The van der Waals surface area contributed by atoms with E-state index in [9.17, 15) is 0 Å². The molecule has 1 aromatic rings. The van der Waals surface area contributed by atoms with E-state index in [1.807, 2.05) is 31.3 Å². The molecule has 0 spiro atoms. The number of rotatable bonds is 5. The van der Waals surface area contributed by atoms with Gasteiger partial charge in [-0.25, -0.2) is 0 Å². The molecule has 1 N–H and O–H groups in total. The van der Waals surface area contributed by atoms with Crippen molar-refractivity contribution >= 4 is 17.7 Å². The van der Waals surface area contributed by atoms with E-state index in [4.69, 9.17) is 16.3 Å². The molecular formula is C12H16ClNO. The normalized spacial score (nSPS) is 10.9. The highest BCUT2D eigenvalue weighted by Gasteiger charge is 1.99. The van der Waals surface area contributed by atoms with E-state index in [1.165, 1.54) is 0 Å². The molecule has 0 aromatic heterocycles. The van der Waals surface area contributed by atoms with Crippen LogP contribution in [0.25, 0.3) is 6.08 Å². The van der Waals surface area contributed by atoms with Crippen LogP contribution in [0, 0.1) is 0 Å². The summed E-state index contributed by atoms with van der Waals surface area (Å²) in [5.41, 5.74) is 1.01. The second kappa shape index (κ2) is 6.49. The lowest BCUT2D eigenvalue weighted by Gasteiger charge is -2.04. The molecule has 0 radical (unpaired) electrons. The monoisotopic (exact) mass is 225 g/mol. The van der Waals surface area contributed by atoms with Crippen LogP contribution in [0.5, 0.6) is 5.75 Å². The topological polar surface area (TPSA) is 21.3 Å². The summed E-state index contributed by atoms with van der Waals surface area (Å²) in [6, 6.07) is 5.60. The van der Waals surface area contributed by atoms with Gasteiger partial charge in [0.25, 0.3) is 0 Å². The Hall–Kier alpha value is -0.990. The summed E-state index contributed by atoms with van der Waals surface area (Å²) in [6.07, 6.45) is 5.12. The van der Waals surface area contributed by atoms with Gasteiger partial charge in [0.05, 0.1) is 7.11 Å². The highest BCUT2D eigenvalue weighted by atomic mass is 35.5. The lowest BCUT2D eigenvalue weighted by atomic mass is 10.2. The minimum absolute atomic E-state index is 0.726. The van der Waals surface area contributed by atoms with Crippen LogP contribution >= 0.6 is 11.6 Å². The summed E-state index contributed by atoms with van der Waals surface area (Å²) in [5, 5.41) is 3.81. The first-order valence-electron chi connectivity index (χ1n) is 4.92. The Morgan fingerprint density at radius 2 is 2.27 bits per heavy atom. The Balaban J connectivity index is 2.73. The molecule has 0 heterocycles. The number of methoxy groups -OCH3 is 1. The number of hydrogen-bond donors (Lipinski definition) is 1. The maximum absolute atomic E-state index is 5.91. The van der Waals surface area contributed by atoms with E-state index in [2.05, 4.69) is 11.4 Å². The Labute approximate surface area is 95.9 Å². The van der Waals surface area contributed by atoms with Crippen LogP contribution in [0.15, 0.2) is 24.3 Å². The summed E-state index contributed by atoms with van der Waals surface area (Å²) in [6.45, 7) is 0.972. The van der Waals surface area contributed by atoms with Crippen molar-refractivity contribution in [2.75, 3.05) is 20.7 Å². The quantitative estimate of drug-likeness (QED) is 0.778. The fourth-order valence-electron chi connectivity index (χ4n) is 1.27. The summed E-state index contributed by atoms with van der Waals surface area (Å²) in [5.74, 6) is 0.847. The van der Waals surface area contributed by atoms with E-state index in [-0.39, 0.29) is 0 Å². The standard InChI is InChI=1S/C12H16ClNO/c1-14-8-4-3-5-10-9-11(13)6-7-12(10)15-2/h3,5-7,9,14H,4,8H2,1-2H3. The molecule has 0 aliphatic heterocycles. The van der Waals surface area contributed by atoms with Gasteiger partial charge in [-0.15, -0.1) is 0 Å². The molecule has 1 rings (SSSR count). The Morgan fingerprint density at radius 3 is 2.93 bits per heavy atom. The number of benzene rings is 1. The van der Waals surface area contributed by atoms with Crippen LogP contribution < -0.4 is 10.1 Å². The smallest absolute Gasteiger partial charge is 0.126 e. The number of hydrogen-bond acceptors (Lipinski definition) is 2. The summed E-state index contributed by atoms with van der Waals surface area (Å²) >= 11 is 5.91. The molecule has 0 bridgehead atoms. The van der Waals surface area contributed by atoms with Crippen molar-refractivity contribution in [1.82, 2.24) is 5.32 Å². The molecule has 0 saturated heterocycles. The zero-order chi connectivity index (χ0) is 11.1. The molecule has 0 unspecified atom stereocenters. The summed E-state index contributed by atoms with van der Waals surface area (Å²) in [4.78, 5) is 0. The van der Waals surface area contributed by atoms with Crippen molar-refractivity contribution in [1.29, 1.82) is 0 Å². The molecule has 2 nitrogen and oxygen atoms in total. The highest BCUT2D eigenvalue weighted by molar-refractivity contribution is 6.30. The Bertz CT molecular complexity index is 336. The van der Waals surface area contributed by atoms with E-state index >= 15 is 0 Å². The first kappa shape index (κ1) is 12.1. The molecule has 3 heteroatoms. The fraction of sp³-hybridized carbons (Fsp3) is 0.333. The zero-order valence-corrected chi connectivity index (χ0v) is 9.84. The average Bonchev–Trinajstić information content (AvgIpc) is 2.25. The molecule has 1 aromatic carbocycles. The van der Waals surface area contributed by atoms with Gasteiger partial charge in [0.2, 0.25) is 0 Å². The summed E-state index contributed by atoms with van der Waals surface area (Å²) < 4.78 is 5.23. The molecule has 0 amide bonds. The maximum Gasteiger partial charge on any atom is 0.126 e. The molecular weight excluding hydrogens is 210 g/mol. The molecule has 0 fully saturated rings. The minimum atomic E-state index is 0.726. The van der Waals surface area contributed by atoms with Crippen LogP contribution in [0.1, 0.15) is 12.0 Å². The van der Waals surface area contributed by atoms with Gasteiger partial charge < -0.3 is 10.1 Å². The number of ether oxygens (including phenoxy) is 1. The SMILES string of the molecule is CNCCC=Cc1cc(Cl)ccc1OC. The van der Waals surface area contributed by atoms with Crippen molar-refractivity contribution in [3.63, 3.8) is 0 Å². The second-order valence-electron chi connectivity index (χ2n) is 3.18. The van der Waals surface area contributed by atoms with Gasteiger partial charge >= 0.3 is 0 Å². The van der Waals surface area contributed by atoms with Crippen molar-refractivity contribution in [2.24, 2.45) is 0 Å². The van der Waals surface area contributed by atoms with Crippen molar-refractivity contribution < 1.29 is 4.74 Å². The maximum atomic E-state index is 5.91. The van der Waals surface area contributed by atoms with Gasteiger partial charge in [-0.1, -0.05) is 23.8 Å². The molecule has 0 aliphatic carbocycles. The molecule has 82 valence electrons. The van der Waals surface area contributed by atoms with E-state index in [1.54, 1.807) is 7.11 Å². The van der Waals surface area contributed by atoms with Gasteiger partial charge in [-0.2, -0.15) is 0 Å². The third-order valence-electron chi connectivity index (χ3n) is 2.05. The van der Waals surface area contributed by atoms with Gasteiger partial charge in [0, 0.05) is 10.6 Å².